The SMILES string of the molecule is CC(=O)N1C(=S)SC[C@H]1Cc1ccccc1. The van der Waals surface area contributed by atoms with E-state index in [1.165, 1.54) is 5.56 Å². The largest absolute Gasteiger partial charge is 0.294 e. The first-order valence-electron chi connectivity index (χ1n) is 5.19. The van der Waals surface area contributed by atoms with Gasteiger partial charge in [0.2, 0.25) is 5.91 Å². The number of carbonyl (C=O) groups is 1. The summed E-state index contributed by atoms with van der Waals surface area (Å²) in [5, 5.41) is 0. The molecule has 1 heterocycles. The van der Waals surface area contributed by atoms with Crippen LogP contribution in [0.25, 0.3) is 0 Å². The zero-order valence-electron chi connectivity index (χ0n) is 9.05. The number of rotatable bonds is 2. The summed E-state index contributed by atoms with van der Waals surface area (Å²) in [6, 6.07) is 10.4. The number of nitrogens with zero attached hydrogens (tertiary/aromatic N) is 1. The minimum atomic E-state index is 0.0518. The number of carbonyl (C=O) groups excluding carboxylic acids is 1. The van der Waals surface area contributed by atoms with Crippen molar-refractivity contribution in [1.29, 1.82) is 0 Å². The third-order valence-corrected chi connectivity index (χ3v) is 4.16. The Morgan fingerprint density at radius 2 is 2.19 bits per heavy atom. The van der Waals surface area contributed by atoms with Crippen molar-refractivity contribution in [2.75, 3.05) is 5.75 Å². The molecule has 0 aromatic heterocycles. The average Bonchev–Trinajstić information content (AvgIpc) is 2.61. The fourth-order valence-corrected chi connectivity index (χ4v) is 3.38. The first-order chi connectivity index (χ1) is 7.68. The van der Waals surface area contributed by atoms with E-state index >= 15 is 0 Å². The number of benzene rings is 1. The Kier molecular flexibility index (Phi) is 3.61. The molecular weight excluding hydrogens is 238 g/mol. The molecule has 1 aliphatic heterocycles. The molecule has 1 atom stereocenters. The molecule has 0 unspecified atom stereocenters. The minimum absolute atomic E-state index is 0.0518. The van der Waals surface area contributed by atoms with Gasteiger partial charge in [0.05, 0.1) is 6.04 Å². The number of thiocarbonyl (C=S) groups is 1. The van der Waals surface area contributed by atoms with Gasteiger partial charge in [-0.1, -0.05) is 54.3 Å². The van der Waals surface area contributed by atoms with E-state index in [2.05, 4.69) is 12.1 Å². The summed E-state index contributed by atoms with van der Waals surface area (Å²) in [5.74, 6) is 0.962. The summed E-state index contributed by atoms with van der Waals surface area (Å²) in [5.41, 5.74) is 1.25. The van der Waals surface area contributed by atoms with Crippen LogP contribution >= 0.6 is 24.0 Å². The molecule has 1 fully saturated rings. The first-order valence-corrected chi connectivity index (χ1v) is 6.58. The second kappa shape index (κ2) is 4.97. The molecule has 1 saturated heterocycles. The zero-order valence-corrected chi connectivity index (χ0v) is 10.7. The van der Waals surface area contributed by atoms with E-state index in [-0.39, 0.29) is 11.9 Å². The summed E-state index contributed by atoms with van der Waals surface area (Å²) >= 11 is 6.78. The molecular formula is C12H13NOS2. The average molecular weight is 251 g/mol. The van der Waals surface area contributed by atoms with Crippen molar-refractivity contribution in [3.05, 3.63) is 35.9 Å². The normalized spacial score (nSPS) is 20.2. The fourth-order valence-electron chi connectivity index (χ4n) is 1.88. The standard InChI is InChI=1S/C12H13NOS2/c1-9(14)13-11(8-16-12(13)15)7-10-5-3-2-4-6-10/h2-6,11H,7-8H2,1H3/t11-/m1/s1. The van der Waals surface area contributed by atoms with Crippen molar-refractivity contribution >= 4 is 34.2 Å². The van der Waals surface area contributed by atoms with Gasteiger partial charge >= 0.3 is 0 Å². The Bertz CT molecular complexity index is 405. The molecule has 4 heteroatoms. The molecule has 1 aliphatic rings. The summed E-state index contributed by atoms with van der Waals surface area (Å²) in [6.07, 6.45) is 0.882. The number of hydrogen-bond acceptors (Lipinski definition) is 3. The van der Waals surface area contributed by atoms with E-state index in [4.69, 9.17) is 12.2 Å². The van der Waals surface area contributed by atoms with Crippen LogP contribution in [-0.4, -0.2) is 26.9 Å². The summed E-state index contributed by atoms with van der Waals surface area (Å²) < 4.78 is 0.716. The maximum absolute atomic E-state index is 11.5. The third-order valence-electron chi connectivity index (χ3n) is 2.61. The summed E-state index contributed by atoms with van der Waals surface area (Å²) in [4.78, 5) is 13.2. The molecule has 84 valence electrons. The summed E-state index contributed by atoms with van der Waals surface area (Å²) in [7, 11) is 0. The van der Waals surface area contributed by atoms with Crippen molar-refractivity contribution in [1.82, 2.24) is 4.90 Å². The van der Waals surface area contributed by atoms with Crippen molar-refractivity contribution in [2.45, 2.75) is 19.4 Å². The van der Waals surface area contributed by atoms with Crippen LogP contribution in [0.4, 0.5) is 0 Å². The molecule has 1 amide bonds. The Labute approximate surface area is 105 Å². The molecule has 1 aromatic carbocycles. The molecule has 16 heavy (non-hydrogen) atoms. The van der Waals surface area contributed by atoms with Gasteiger partial charge in [0, 0.05) is 12.7 Å². The molecule has 0 N–H and O–H groups in total. The van der Waals surface area contributed by atoms with Crippen molar-refractivity contribution in [3.8, 4) is 0 Å². The van der Waals surface area contributed by atoms with Crippen molar-refractivity contribution in [3.63, 3.8) is 0 Å². The van der Waals surface area contributed by atoms with Crippen molar-refractivity contribution in [2.24, 2.45) is 0 Å². The van der Waals surface area contributed by atoms with Crippen LogP contribution in [0.2, 0.25) is 0 Å². The maximum atomic E-state index is 11.5. The zero-order chi connectivity index (χ0) is 11.5. The molecule has 0 aliphatic carbocycles. The van der Waals surface area contributed by atoms with E-state index in [0.29, 0.717) is 4.32 Å². The minimum Gasteiger partial charge on any atom is -0.294 e. The monoisotopic (exact) mass is 251 g/mol. The van der Waals surface area contributed by atoms with Gasteiger partial charge in [-0.25, -0.2) is 0 Å². The third kappa shape index (κ3) is 2.44. The van der Waals surface area contributed by atoms with Gasteiger partial charge in [0.25, 0.3) is 0 Å². The van der Waals surface area contributed by atoms with Crippen LogP contribution < -0.4 is 0 Å². The van der Waals surface area contributed by atoms with E-state index < -0.39 is 0 Å². The van der Waals surface area contributed by atoms with Gasteiger partial charge < -0.3 is 0 Å². The van der Waals surface area contributed by atoms with Gasteiger partial charge in [0.15, 0.2) is 0 Å². The Balaban J connectivity index is 2.10. The predicted octanol–water partition coefficient (Wildman–Crippen LogP) is 2.48. The summed E-state index contributed by atoms with van der Waals surface area (Å²) in [6.45, 7) is 1.58. The van der Waals surface area contributed by atoms with E-state index in [9.17, 15) is 4.79 Å². The van der Waals surface area contributed by atoms with Crippen LogP contribution in [0.1, 0.15) is 12.5 Å². The Hall–Kier alpha value is -0.870. The molecule has 2 rings (SSSR count). The second-order valence-electron chi connectivity index (χ2n) is 3.81. The highest BCUT2D eigenvalue weighted by molar-refractivity contribution is 8.23. The number of thioether (sulfide) groups is 1. The van der Waals surface area contributed by atoms with E-state index in [1.807, 2.05) is 18.2 Å². The van der Waals surface area contributed by atoms with E-state index in [1.54, 1.807) is 23.6 Å². The van der Waals surface area contributed by atoms with Crippen LogP contribution in [0, 0.1) is 0 Å². The lowest BCUT2D eigenvalue weighted by molar-refractivity contribution is -0.125. The molecule has 0 spiro atoms. The number of amides is 1. The van der Waals surface area contributed by atoms with Crippen LogP contribution in [0.15, 0.2) is 30.3 Å². The molecule has 0 radical (unpaired) electrons. The molecule has 2 nitrogen and oxygen atoms in total. The Morgan fingerprint density at radius 1 is 1.50 bits per heavy atom. The highest BCUT2D eigenvalue weighted by atomic mass is 32.2. The lowest BCUT2D eigenvalue weighted by Gasteiger charge is -2.21. The van der Waals surface area contributed by atoms with Gasteiger partial charge in [-0.15, -0.1) is 0 Å². The number of hydrogen-bond donors (Lipinski definition) is 0. The van der Waals surface area contributed by atoms with Crippen LogP contribution in [0.3, 0.4) is 0 Å². The molecule has 1 aromatic rings. The quantitative estimate of drug-likeness (QED) is 0.753. The van der Waals surface area contributed by atoms with E-state index in [0.717, 1.165) is 12.2 Å². The molecule has 0 bridgehead atoms. The van der Waals surface area contributed by atoms with Gasteiger partial charge in [0.1, 0.15) is 4.32 Å². The first kappa shape index (κ1) is 11.6. The topological polar surface area (TPSA) is 20.3 Å². The lowest BCUT2D eigenvalue weighted by atomic mass is 10.1. The van der Waals surface area contributed by atoms with Gasteiger partial charge in [-0.3, -0.25) is 9.69 Å². The van der Waals surface area contributed by atoms with Gasteiger partial charge in [-0.05, 0) is 12.0 Å². The maximum Gasteiger partial charge on any atom is 0.225 e. The smallest absolute Gasteiger partial charge is 0.225 e. The Morgan fingerprint density at radius 3 is 2.81 bits per heavy atom. The van der Waals surface area contributed by atoms with Crippen molar-refractivity contribution < 1.29 is 4.79 Å². The highest BCUT2D eigenvalue weighted by Crippen LogP contribution is 2.26. The molecule has 0 saturated carbocycles. The van der Waals surface area contributed by atoms with Crippen LogP contribution in [-0.2, 0) is 11.2 Å². The lowest BCUT2D eigenvalue weighted by Crippen LogP contribution is -2.38. The fraction of sp³-hybridized carbons (Fsp3) is 0.333. The van der Waals surface area contributed by atoms with Gasteiger partial charge in [-0.2, -0.15) is 0 Å². The highest BCUT2D eigenvalue weighted by Gasteiger charge is 2.31. The second-order valence-corrected chi connectivity index (χ2v) is 5.46. The van der Waals surface area contributed by atoms with Crippen LogP contribution in [0.5, 0.6) is 0 Å². The predicted molar refractivity (Wildman–Crippen MR) is 71.5 cm³/mol.